The van der Waals surface area contributed by atoms with Crippen LogP contribution in [0, 0.1) is 0 Å². The van der Waals surface area contributed by atoms with Crippen LogP contribution in [0.4, 0.5) is 0 Å². The first-order chi connectivity index (χ1) is 4.74. The maximum Gasteiger partial charge on any atom is 0.124 e. The zero-order valence-corrected chi connectivity index (χ0v) is 7.85. The molecule has 0 spiro atoms. The highest BCUT2D eigenvalue weighted by molar-refractivity contribution is 9.10. The van der Waals surface area contributed by atoms with Gasteiger partial charge in [-0.3, -0.25) is 0 Å². The first kappa shape index (κ1) is 7.79. The number of hydrogen-bond acceptors (Lipinski definition) is 1. The Morgan fingerprint density at radius 2 is 2.40 bits per heavy atom. The minimum Gasteiger partial charge on any atom is -0.337 e. The minimum atomic E-state index is 0.929. The Hall–Kier alpha value is -0.310. The predicted molar refractivity (Wildman–Crippen MR) is 44.9 cm³/mol. The van der Waals surface area contributed by atoms with Gasteiger partial charge < -0.3 is 4.57 Å². The van der Waals surface area contributed by atoms with Crippen LogP contribution in [0.5, 0.6) is 0 Å². The summed E-state index contributed by atoms with van der Waals surface area (Å²) in [7, 11) is 2.02. The number of imidazole rings is 1. The summed E-state index contributed by atoms with van der Waals surface area (Å²) in [5, 5.41) is 0. The molecule has 0 aliphatic rings. The lowest BCUT2D eigenvalue weighted by Crippen LogP contribution is -1.95. The molecule has 0 amide bonds. The second kappa shape index (κ2) is 3.19. The van der Waals surface area contributed by atoms with E-state index in [0.29, 0.717) is 0 Å². The van der Waals surface area contributed by atoms with Crippen molar-refractivity contribution in [2.24, 2.45) is 7.05 Å². The topological polar surface area (TPSA) is 17.8 Å². The van der Waals surface area contributed by atoms with Crippen molar-refractivity contribution in [1.82, 2.24) is 9.55 Å². The molecule has 0 radical (unpaired) electrons. The van der Waals surface area contributed by atoms with Crippen molar-refractivity contribution in [2.75, 3.05) is 0 Å². The predicted octanol–water partition coefficient (Wildman–Crippen LogP) is 2.14. The molecule has 3 heteroatoms. The van der Waals surface area contributed by atoms with Crippen LogP contribution in [0.3, 0.4) is 0 Å². The van der Waals surface area contributed by atoms with Crippen molar-refractivity contribution >= 4 is 15.9 Å². The van der Waals surface area contributed by atoms with Gasteiger partial charge >= 0.3 is 0 Å². The fourth-order valence-corrected chi connectivity index (χ4v) is 1.43. The van der Waals surface area contributed by atoms with Crippen molar-refractivity contribution in [2.45, 2.75) is 19.8 Å². The SMILES string of the molecule is CCCc1nc(Br)cn1C. The van der Waals surface area contributed by atoms with E-state index in [1.165, 1.54) is 0 Å². The average Bonchev–Trinajstić information content (AvgIpc) is 2.13. The number of nitrogens with zero attached hydrogens (tertiary/aromatic N) is 2. The molecule has 1 heterocycles. The third kappa shape index (κ3) is 1.59. The molecule has 0 fully saturated rings. The van der Waals surface area contributed by atoms with Gasteiger partial charge in [0.25, 0.3) is 0 Å². The first-order valence-corrected chi connectivity index (χ1v) is 4.21. The van der Waals surface area contributed by atoms with E-state index >= 15 is 0 Å². The number of aromatic nitrogens is 2. The molecule has 1 aromatic heterocycles. The van der Waals surface area contributed by atoms with E-state index in [4.69, 9.17) is 0 Å². The molecule has 0 aliphatic heterocycles. The van der Waals surface area contributed by atoms with Crippen LogP contribution in [0.2, 0.25) is 0 Å². The molecule has 0 aliphatic carbocycles. The second-order valence-electron chi connectivity index (χ2n) is 2.34. The van der Waals surface area contributed by atoms with E-state index in [1.54, 1.807) is 0 Å². The van der Waals surface area contributed by atoms with Crippen LogP contribution in [-0.4, -0.2) is 9.55 Å². The molecular formula is C7H11BrN2. The molecule has 0 N–H and O–H groups in total. The smallest absolute Gasteiger partial charge is 0.124 e. The van der Waals surface area contributed by atoms with Crippen LogP contribution in [0.1, 0.15) is 19.2 Å². The van der Waals surface area contributed by atoms with Crippen molar-refractivity contribution in [3.8, 4) is 0 Å². The van der Waals surface area contributed by atoms with Gasteiger partial charge in [-0.05, 0) is 22.4 Å². The molecule has 56 valence electrons. The lowest BCUT2D eigenvalue weighted by Gasteiger charge is -1.95. The Morgan fingerprint density at radius 3 is 2.80 bits per heavy atom. The van der Waals surface area contributed by atoms with Crippen molar-refractivity contribution in [3.05, 3.63) is 16.6 Å². The van der Waals surface area contributed by atoms with E-state index in [-0.39, 0.29) is 0 Å². The van der Waals surface area contributed by atoms with Gasteiger partial charge in [0.2, 0.25) is 0 Å². The summed E-state index contributed by atoms with van der Waals surface area (Å²) < 4.78 is 2.98. The van der Waals surface area contributed by atoms with Crippen molar-refractivity contribution in [1.29, 1.82) is 0 Å². The maximum absolute atomic E-state index is 4.28. The van der Waals surface area contributed by atoms with Gasteiger partial charge in [-0.1, -0.05) is 6.92 Å². The van der Waals surface area contributed by atoms with Crippen LogP contribution in [0.15, 0.2) is 10.8 Å². The normalized spacial score (nSPS) is 10.3. The highest BCUT2D eigenvalue weighted by Crippen LogP contribution is 2.09. The van der Waals surface area contributed by atoms with Gasteiger partial charge in [0, 0.05) is 19.7 Å². The van der Waals surface area contributed by atoms with Gasteiger partial charge in [0.15, 0.2) is 0 Å². The monoisotopic (exact) mass is 202 g/mol. The molecule has 1 aromatic rings. The summed E-state index contributed by atoms with van der Waals surface area (Å²) in [5.74, 6) is 1.15. The zero-order chi connectivity index (χ0) is 7.56. The van der Waals surface area contributed by atoms with Crippen molar-refractivity contribution in [3.63, 3.8) is 0 Å². The molecular weight excluding hydrogens is 192 g/mol. The first-order valence-electron chi connectivity index (χ1n) is 3.41. The molecule has 2 nitrogen and oxygen atoms in total. The van der Waals surface area contributed by atoms with Gasteiger partial charge in [-0.15, -0.1) is 0 Å². The highest BCUT2D eigenvalue weighted by Gasteiger charge is 1.99. The molecule has 0 unspecified atom stereocenters. The van der Waals surface area contributed by atoms with Crippen LogP contribution < -0.4 is 0 Å². The van der Waals surface area contributed by atoms with E-state index < -0.39 is 0 Å². The van der Waals surface area contributed by atoms with Crippen molar-refractivity contribution < 1.29 is 0 Å². The summed E-state index contributed by atoms with van der Waals surface area (Å²) in [6.07, 6.45) is 4.18. The molecule has 10 heavy (non-hydrogen) atoms. The molecule has 0 bridgehead atoms. The molecule has 0 atom stereocenters. The lowest BCUT2D eigenvalue weighted by molar-refractivity contribution is 0.758. The molecule has 0 aromatic carbocycles. The summed E-state index contributed by atoms with van der Waals surface area (Å²) in [6, 6.07) is 0. The van der Waals surface area contributed by atoms with E-state index in [9.17, 15) is 0 Å². The Labute approximate surface area is 69.4 Å². The van der Waals surface area contributed by atoms with Crippen LogP contribution in [-0.2, 0) is 13.5 Å². The number of aryl methyl sites for hydroxylation is 2. The molecule has 0 saturated carbocycles. The Morgan fingerprint density at radius 1 is 1.70 bits per heavy atom. The molecule has 0 saturated heterocycles. The van der Waals surface area contributed by atoms with E-state index in [2.05, 4.69) is 27.8 Å². The average molecular weight is 203 g/mol. The standard InChI is InChI=1S/C7H11BrN2/c1-3-4-7-9-6(8)5-10(7)2/h5H,3-4H2,1-2H3. The summed E-state index contributed by atoms with van der Waals surface area (Å²) in [4.78, 5) is 4.28. The van der Waals surface area contributed by atoms with Crippen LogP contribution >= 0.6 is 15.9 Å². The number of rotatable bonds is 2. The Kier molecular flexibility index (Phi) is 2.49. The number of halogens is 1. The van der Waals surface area contributed by atoms with Crippen LogP contribution in [0.25, 0.3) is 0 Å². The molecule has 1 rings (SSSR count). The van der Waals surface area contributed by atoms with Gasteiger partial charge in [0.1, 0.15) is 10.4 Å². The summed E-state index contributed by atoms with van der Waals surface area (Å²) in [5.41, 5.74) is 0. The fraction of sp³-hybridized carbons (Fsp3) is 0.571. The van der Waals surface area contributed by atoms with E-state index in [1.807, 2.05) is 17.8 Å². The third-order valence-corrected chi connectivity index (χ3v) is 1.80. The van der Waals surface area contributed by atoms with Gasteiger partial charge in [-0.25, -0.2) is 4.98 Å². The summed E-state index contributed by atoms with van der Waals surface area (Å²) in [6.45, 7) is 2.16. The maximum atomic E-state index is 4.28. The van der Waals surface area contributed by atoms with Gasteiger partial charge in [0.05, 0.1) is 0 Å². The lowest BCUT2D eigenvalue weighted by atomic mass is 10.3. The number of hydrogen-bond donors (Lipinski definition) is 0. The van der Waals surface area contributed by atoms with Gasteiger partial charge in [-0.2, -0.15) is 0 Å². The van der Waals surface area contributed by atoms with E-state index in [0.717, 1.165) is 23.3 Å². The second-order valence-corrected chi connectivity index (χ2v) is 3.15. The Bertz CT molecular complexity index is 217. The fourth-order valence-electron chi connectivity index (χ4n) is 0.921. The third-order valence-electron chi connectivity index (χ3n) is 1.42. The quantitative estimate of drug-likeness (QED) is 0.719. The Balaban J connectivity index is 2.81. The highest BCUT2D eigenvalue weighted by atomic mass is 79.9. The largest absolute Gasteiger partial charge is 0.337 e. The minimum absolute atomic E-state index is 0.929. The summed E-state index contributed by atoms with van der Waals surface area (Å²) >= 11 is 3.32. The zero-order valence-electron chi connectivity index (χ0n) is 6.26.